The molecule has 1 aromatic heterocycles. The maximum atomic E-state index is 8.87. The lowest BCUT2D eigenvalue weighted by molar-refractivity contribution is -0.226. The van der Waals surface area contributed by atoms with E-state index in [9.17, 15) is 0 Å². The van der Waals surface area contributed by atoms with Gasteiger partial charge < -0.3 is 14.7 Å². The van der Waals surface area contributed by atoms with E-state index in [-0.39, 0.29) is 11.9 Å². The van der Waals surface area contributed by atoms with Crippen molar-refractivity contribution < 1.29 is 14.7 Å². The first-order chi connectivity index (χ1) is 12.7. The van der Waals surface area contributed by atoms with E-state index in [1.54, 1.807) is 18.4 Å². The minimum absolute atomic E-state index is 0.208. The van der Waals surface area contributed by atoms with Crippen LogP contribution in [-0.4, -0.2) is 42.8 Å². The van der Waals surface area contributed by atoms with Gasteiger partial charge in [0, 0.05) is 42.9 Å². The number of hydrogen-bond acceptors (Lipinski definition) is 6. The lowest BCUT2D eigenvalue weighted by Crippen LogP contribution is -2.48. The Labute approximate surface area is 157 Å². The average Bonchev–Trinajstić information content (AvgIpc) is 3.08. The van der Waals surface area contributed by atoms with Gasteiger partial charge in [0.15, 0.2) is 6.29 Å². The fourth-order valence-corrected chi connectivity index (χ4v) is 5.18. The molecule has 1 fully saturated rings. The van der Waals surface area contributed by atoms with E-state index in [0.29, 0.717) is 0 Å². The molecule has 0 bridgehead atoms. The predicted octanol–water partition coefficient (Wildman–Crippen LogP) is 3.59. The third kappa shape index (κ3) is 3.42. The van der Waals surface area contributed by atoms with E-state index >= 15 is 0 Å². The number of oxime groups is 1. The molecule has 2 aliphatic rings. The molecule has 1 atom stereocenters. The van der Waals surface area contributed by atoms with E-state index in [4.69, 9.17) is 14.7 Å². The molecule has 6 heteroatoms. The molecule has 2 aromatic rings. The van der Waals surface area contributed by atoms with Crippen LogP contribution in [0.2, 0.25) is 0 Å². The van der Waals surface area contributed by atoms with Gasteiger partial charge in [-0.25, -0.2) is 0 Å². The van der Waals surface area contributed by atoms with Gasteiger partial charge >= 0.3 is 0 Å². The Balaban J connectivity index is 1.53. The maximum absolute atomic E-state index is 8.87. The lowest BCUT2D eigenvalue weighted by atomic mass is 9.82. The van der Waals surface area contributed by atoms with Gasteiger partial charge in [0.1, 0.15) is 0 Å². The molecule has 1 N–H and O–H groups in total. The first-order valence-electron chi connectivity index (χ1n) is 9.00. The number of nitrogens with zero attached hydrogens (tertiary/aromatic N) is 2. The van der Waals surface area contributed by atoms with Crippen molar-refractivity contribution in [3.63, 3.8) is 0 Å². The summed E-state index contributed by atoms with van der Waals surface area (Å²) in [5.74, 6) is 0. The lowest BCUT2D eigenvalue weighted by Gasteiger charge is -2.46. The molecule has 1 saturated heterocycles. The fourth-order valence-electron chi connectivity index (χ4n) is 4.05. The van der Waals surface area contributed by atoms with Crippen LogP contribution >= 0.6 is 11.3 Å². The highest BCUT2D eigenvalue weighted by molar-refractivity contribution is 7.13. The molecule has 2 aliphatic heterocycles. The minimum Gasteiger partial charge on any atom is -0.411 e. The van der Waals surface area contributed by atoms with Gasteiger partial charge in [0.2, 0.25) is 0 Å². The van der Waals surface area contributed by atoms with E-state index in [0.717, 1.165) is 43.8 Å². The number of hydrogen-bond donors (Lipinski definition) is 1. The summed E-state index contributed by atoms with van der Waals surface area (Å²) in [5.41, 5.74) is 2.31. The second kappa shape index (κ2) is 7.48. The Bertz CT molecular complexity index is 767. The number of fused-ring (bicyclic) bond motifs is 2. The van der Waals surface area contributed by atoms with Crippen LogP contribution in [0.5, 0.6) is 0 Å². The zero-order valence-electron chi connectivity index (χ0n) is 14.9. The highest BCUT2D eigenvalue weighted by Gasteiger charge is 2.45. The Morgan fingerprint density at radius 3 is 2.81 bits per heavy atom. The molecule has 0 aliphatic carbocycles. The van der Waals surface area contributed by atoms with E-state index < -0.39 is 0 Å². The smallest absolute Gasteiger partial charge is 0.163 e. The Hall–Kier alpha value is -1.73. The molecular formula is C20H24N2O3S. The van der Waals surface area contributed by atoms with Crippen LogP contribution in [0, 0.1) is 0 Å². The van der Waals surface area contributed by atoms with Crippen LogP contribution in [0.15, 0.2) is 41.6 Å². The molecule has 26 heavy (non-hydrogen) atoms. The van der Waals surface area contributed by atoms with Gasteiger partial charge in [-0.15, -0.1) is 11.3 Å². The van der Waals surface area contributed by atoms with Crippen LogP contribution in [0.4, 0.5) is 0 Å². The fraction of sp³-hybridized carbons (Fsp3) is 0.450. The Kier molecular flexibility index (Phi) is 5.09. The molecule has 0 amide bonds. The third-order valence-electron chi connectivity index (χ3n) is 5.39. The summed E-state index contributed by atoms with van der Waals surface area (Å²) in [6.07, 6.45) is 3.94. The number of ether oxygens (including phenoxy) is 2. The molecule has 0 saturated carbocycles. The van der Waals surface area contributed by atoms with Crippen molar-refractivity contribution in [3.05, 3.63) is 57.3 Å². The second-order valence-electron chi connectivity index (χ2n) is 6.97. The van der Waals surface area contributed by atoms with Crippen molar-refractivity contribution in [2.24, 2.45) is 5.16 Å². The number of likely N-dealkylation sites (tertiary alicyclic amines) is 1. The number of benzene rings is 1. The van der Waals surface area contributed by atoms with E-state index in [2.05, 4.69) is 46.5 Å². The van der Waals surface area contributed by atoms with Gasteiger partial charge in [0.05, 0.1) is 11.8 Å². The monoisotopic (exact) mass is 372 g/mol. The molecule has 138 valence electrons. The van der Waals surface area contributed by atoms with Gasteiger partial charge in [-0.3, -0.25) is 4.90 Å². The zero-order chi connectivity index (χ0) is 18.0. The summed E-state index contributed by atoms with van der Waals surface area (Å²) >= 11 is 1.67. The zero-order valence-corrected chi connectivity index (χ0v) is 15.7. The topological polar surface area (TPSA) is 54.3 Å². The molecular weight excluding hydrogens is 348 g/mol. The standard InChI is InChI=1S/C20H24N2O3S/c1-24-19-12-18-17(11-16(26-18)13-21-23)20(25-19)7-9-22(10-8-20)14-15-5-3-2-4-6-15/h2-6,11,13,19,23H,7-10,12,14H2,1H3. The quantitative estimate of drug-likeness (QED) is 0.506. The van der Waals surface area contributed by atoms with Crippen LogP contribution in [-0.2, 0) is 28.0 Å². The summed E-state index contributed by atoms with van der Waals surface area (Å²) in [5, 5.41) is 12.1. The first-order valence-corrected chi connectivity index (χ1v) is 9.81. The largest absolute Gasteiger partial charge is 0.411 e. The molecule has 5 nitrogen and oxygen atoms in total. The van der Waals surface area contributed by atoms with Crippen LogP contribution in [0.1, 0.15) is 33.7 Å². The van der Waals surface area contributed by atoms with Gasteiger partial charge in [-0.1, -0.05) is 35.5 Å². The van der Waals surface area contributed by atoms with Crippen molar-refractivity contribution in [2.45, 2.75) is 37.7 Å². The molecule has 0 radical (unpaired) electrons. The second-order valence-corrected chi connectivity index (χ2v) is 8.14. The summed E-state index contributed by atoms with van der Waals surface area (Å²) in [6.45, 7) is 2.96. The van der Waals surface area contributed by atoms with E-state index in [1.165, 1.54) is 22.2 Å². The first kappa shape index (κ1) is 17.7. The third-order valence-corrected chi connectivity index (χ3v) is 6.48. The van der Waals surface area contributed by atoms with Gasteiger partial charge in [-0.05, 0) is 30.0 Å². The van der Waals surface area contributed by atoms with Crippen molar-refractivity contribution >= 4 is 17.6 Å². The van der Waals surface area contributed by atoms with Gasteiger partial charge in [0.25, 0.3) is 0 Å². The molecule has 4 rings (SSSR count). The average molecular weight is 372 g/mol. The molecule has 1 aromatic carbocycles. The normalized spacial score (nSPS) is 22.7. The minimum atomic E-state index is -0.292. The Morgan fingerprint density at radius 1 is 1.35 bits per heavy atom. The van der Waals surface area contributed by atoms with Crippen LogP contribution < -0.4 is 0 Å². The van der Waals surface area contributed by atoms with Crippen LogP contribution in [0.25, 0.3) is 0 Å². The Morgan fingerprint density at radius 2 is 2.12 bits per heavy atom. The summed E-state index contributed by atoms with van der Waals surface area (Å²) < 4.78 is 12.0. The van der Waals surface area contributed by atoms with E-state index in [1.807, 2.05) is 0 Å². The number of methoxy groups -OCH3 is 1. The highest BCUT2D eigenvalue weighted by Crippen LogP contribution is 2.46. The van der Waals surface area contributed by atoms with Crippen molar-refractivity contribution in [1.82, 2.24) is 4.90 Å². The molecule has 3 heterocycles. The maximum Gasteiger partial charge on any atom is 0.163 e. The predicted molar refractivity (Wildman–Crippen MR) is 102 cm³/mol. The SMILES string of the molecule is COC1Cc2sc(C=NO)cc2C2(CCN(Cc3ccccc3)CC2)O1. The summed E-state index contributed by atoms with van der Waals surface area (Å²) in [4.78, 5) is 4.74. The van der Waals surface area contributed by atoms with Crippen molar-refractivity contribution in [3.8, 4) is 0 Å². The summed E-state index contributed by atoms with van der Waals surface area (Å²) in [7, 11) is 1.71. The summed E-state index contributed by atoms with van der Waals surface area (Å²) in [6, 6.07) is 12.7. The molecule has 1 unspecified atom stereocenters. The highest BCUT2D eigenvalue weighted by atomic mass is 32.1. The number of thiophene rings is 1. The number of piperidine rings is 1. The van der Waals surface area contributed by atoms with Crippen molar-refractivity contribution in [1.29, 1.82) is 0 Å². The molecule has 1 spiro atoms. The van der Waals surface area contributed by atoms with Crippen molar-refractivity contribution in [2.75, 3.05) is 20.2 Å². The van der Waals surface area contributed by atoms with Crippen LogP contribution in [0.3, 0.4) is 0 Å². The number of rotatable bonds is 4. The van der Waals surface area contributed by atoms with Gasteiger partial charge in [-0.2, -0.15) is 0 Å².